The van der Waals surface area contributed by atoms with Crippen molar-refractivity contribution in [1.29, 1.82) is 0 Å². The molecule has 4 aromatic rings. The summed E-state index contributed by atoms with van der Waals surface area (Å²) in [7, 11) is 0. The second kappa shape index (κ2) is 8.26. The Labute approximate surface area is 183 Å². The molecule has 1 fully saturated rings. The highest BCUT2D eigenvalue weighted by molar-refractivity contribution is 6.13. The molecule has 7 nitrogen and oxygen atoms in total. The fourth-order valence-corrected chi connectivity index (χ4v) is 4.21. The number of nitrogens with zero attached hydrogens (tertiary/aromatic N) is 4. The van der Waals surface area contributed by atoms with Gasteiger partial charge in [0.05, 0.1) is 16.5 Å². The number of hydrogen-bond donors (Lipinski definition) is 1. The average molecular weight is 436 g/mol. The van der Waals surface area contributed by atoms with Crippen LogP contribution in [0.5, 0.6) is 0 Å². The summed E-state index contributed by atoms with van der Waals surface area (Å²) in [4.78, 5) is 33.0. The summed E-state index contributed by atoms with van der Waals surface area (Å²) >= 11 is 5.99. The van der Waals surface area contributed by atoms with E-state index in [1.165, 1.54) is 4.40 Å². The van der Waals surface area contributed by atoms with Gasteiger partial charge >= 0.3 is 0 Å². The van der Waals surface area contributed by atoms with E-state index < -0.39 is 0 Å². The second-order valence-corrected chi connectivity index (χ2v) is 8.23. The first kappa shape index (κ1) is 19.9. The molecule has 0 unspecified atom stereocenters. The second-order valence-electron chi connectivity index (χ2n) is 7.76. The number of piperazine rings is 1. The molecule has 0 radical (unpaired) electrons. The van der Waals surface area contributed by atoms with Crippen molar-refractivity contribution >= 4 is 45.0 Å². The van der Waals surface area contributed by atoms with Crippen LogP contribution in [-0.4, -0.2) is 63.9 Å². The zero-order valence-corrected chi connectivity index (χ0v) is 17.7. The van der Waals surface area contributed by atoms with E-state index >= 15 is 0 Å². The Balaban J connectivity index is 1.45. The van der Waals surface area contributed by atoms with Crippen LogP contribution in [0.3, 0.4) is 0 Å². The molecule has 2 aromatic heterocycles. The molecular weight excluding hydrogens is 414 g/mol. The molecule has 3 heterocycles. The minimum atomic E-state index is -0.235. The molecule has 2 aromatic carbocycles. The SMILES string of the molecule is O=C(NCCN1CCN(Cl)CC1)c1cccn2c(=O)c3cc4ccccc4cc3nc12. The van der Waals surface area contributed by atoms with Crippen LogP contribution in [0.2, 0.25) is 0 Å². The maximum atomic E-state index is 13.1. The first-order chi connectivity index (χ1) is 15.1. The third kappa shape index (κ3) is 3.87. The summed E-state index contributed by atoms with van der Waals surface area (Å²) in [6.45, 7) is 4.66. The molecular formula is C23H22ClN5O2. The van der Waals surface area contributed by atoms with Gasteiger partial charge in [0, 0.05) is 45.5 Å². The van der Waals surface area contributed by atoms with Crippen LogP contribution >= 0.6 is 11.8 Å². The summed E-state index contributed by atoms with van der Waals surface area (Å²) in [5, 5.41) is 5.49. The van der Waals surface area contributed by atoms with Crippen molar-refractivity contribution in [2.24, 2.45) is 0 Å². The van der Waals surface area contributed by atoms with E-state index in [0.717, 1.165) is 43.5 Å². The van der Waals surface area contributed by atoms with Gasteiger partial charge in [-0.3, -0.25) is 18.9 Å². The van der Waals surface area contributed by atoms with E-state index in [-0.39, 0.29) is 11.5 Å². The Morgan fingerprint density at radius 2 is 1.77 bits per heavy atom. The number of halogens is 1. The minimum Gasteiger partial charge on any atom is -0.351 e. The average Bonchev–Trinajstić information content (AvgIpc) is 2.79. The van der Waals surface area contributed by atoms with Crippen molar-refractivity contribution in [1.82, 2.24) is 24.0 Å². The van der Waals surface area contributed by atoms with Crippen LogP contribution in [-0.2, 0) is 0 Å². The van der Waals surface area contributed by atoms with Crippen molar-refractivity contribution in [3.8, 4) is 0 Å². The lowest BCUT2D eigenvalue weighted by Gasteiger charge is -2.30. The molecule has 5 rings (SSSR count). The first-order valence-corrected chi connectivity index (χ1v) is 10.7. The number of carbonyl (C=O) groups is 1. The molecule has 1 amide bonds. The summed E-state index contributed by atoms with van der Waals surface area (Å²) in [5.41, 5.74) is 1.16. The van der Waals surface area contributed by atoms with Crippen LogP contribution in [0.1, 0.15) is 10.4 Å². The fourth-order valence-electron chi connectivity index (χ4n) is 4.06. The van der Waals surface area contributed by atoms with Crippen molar-refractivity contribution < 1.29 is 4.79 Å². The molecule has 1 N–H and O–H groups in total. The summed E-state index contributed by atoms with van der Waals surface area (Å²) < 4.78 is 3.23. The van der Waals surface area contributed by atoms with Gasteiger partial charge in [0.1, 0.15) is 0 Å². The number of fused-ring (bicyclic) bond motifs is 3. The number of aromatic nitrogens is 2. The van der Waals surface area contributed by atoms with E-state index in [0.29, 0.717) is 28.7 Å². The predicted octanol–water partition coefficient (Wildman–Crippen LogP) is 2.50. The lowest BCUT2D eigenvalue weighted by Crippen LogP contribution is -2.45. The summed E-state index contributed by atoms with van der Waals surface area (Å²) in [6, 6.07) is 15.0. The van der Waals surface area contributed by atoms with E-state index in [4.69, 9.17) is 11.8 Å². The topological polar surface area (TPSA) is 70.0 Å². The first-order valence-electron chi connectivity index (χ1n) is 10.4. The Morgan fingerprint density at radius 1 is 1.03 bits per heavy atom. The number of rotatable bonds is 4. The highest BCUT2D eigenvalue weighted by atomic mass is 35.5. The van der Waals surface area contributed by atoms with Gasteiger partial charge in [-0.2, -0.15) is 0 Å². The van der Waals surface area contributed by atoms with Gasteiger partial charge in [-0.25, -0.2) is 9.40 Å². The van der Waals surface area contributed by atoms with Crippen LogP contribution in [0.25, 0.3) is 27.3 Å². The smallest absolute Gasteiger partial charge is 0.265 e. The molecule has 8 heteroatoms. The Hall–Kier alpha value is -3.00. The molecule has 0 atom stereocenters. The lowest BCUT2D eigenvalue weighted by molar-refractivity contribution is 0.0946. The third-order valence-corrected chi connectivity index (χ3v) is 6.12. The molecule has 158 valence electrons. The number of nitrogens with one attached hydrogen (secondary N) is 1. The van der Waals surface area contributed by atoms with Gasteiger partial charge in [0.15, 0.2) is 5.65 Å². The Morgan fingerprint density at radius 3 is 2.55 bits per heavy atom. The lowest BCUT2D eigenvalue weighted by atomic mass is 10.1. The van der Waals surface area contributed by atoms with E-state index in [9.17, 15) is 9.59 Å². The van der Waals surface area contributed by atoms with Crippen molar-refractivity contribution in [2.75, 3.05) is 39.3 Å². The van der Waals surface area contributed by atoms with Crippen LogP contribution in [0, 0.1) is 0 Å². The molecule has 0 spiro atoms. The van der Waals surface area contributed by atoms with E-state index in [1.807, 2.05) is 36.4 Å². The van der Waals surface area contributed by atoms with Crippen molar-refractivity contribution in [3.63, 3.8) is 0 Å². The zero-order valence-electron chi connectivity index (χ0n) is 16.9. The fraction of sp³-hybridized carbons (Fsp3) is 0.261. The minimum absolute atomic E-state index is 0.181. The van der Waals surface area contributed by atoms with Crippen LogP contribution in [0.4, 0.5) is 0 Å². The molecule has 0 saturated carbocycles. The van der Waals surface area contributed by atoms with E-state index in [1.54, 1.807) is 22.7 Å². The third-order valence-electron chi connectivity index (χ3n) is 5.78. The molecule has 1 aliphatic rings. The normalized spacial score (nSPS) is 15.6. The number of amides is 1. The highest BCUT2D eigenvalue weighted by Gasteiger charge is 2.17. The quantitative estimate of drug-likeness (QED) is 0.394. The molecule has 0 bridgehead atoms. The molecule has 0 aliphatic carbocycles. The number of hydrogen-bond acceptors (Lipinski definition) is 5. The number of benzene rings is 2. The molecule has 31 heavy (non-hydrogen) atoms. The summed E-state index contributed by atoms with van der Waals surface area (Å²) in [5.74, 6) is -0.235. The maximum absolute atomic E-state index is 13.1. The van der Waals surface area contributed by atoms with Crippen molar-refractivity contribution in [2.45, 2.75) is 0 Å². The van der Waals surface area contributed by atoms with Crippen LogP contribution in [0.15, 0.2) is 59.5 Å². The largest absolute Gasteiger partial charge is 0.351 e. The van der Waals surface area contributed by atoms with Gasteiger partial charge in [0.25, 0.3) is 11.5 Å². The van der Waals surface area contributed by atoms with Gasteiger partial charge in [-0.1, -0.05) is 24.3 Å². The van der Waals surface area contributed by atoms with Gasteiger partial charge in [0.2, 0.25) is 0 Å². The summed E-state index contributed by atoms with van der Waals surface area (Å²) in [6.07, 6.45) is 1.65. The maximum Gasteiger partial charge on any atom is 0.265 e. The van der Waals surface area contributed by atoms with Gasteiger partial charge in [-0.05, 0) is 46.8 Å². The van der Waals surface area contributed by atoms with Crippen LogP contribution < -0.4 is 10.9 Å². The highest BCUT2D eigenvalue weighted by Crippen LogP contribution is 2.20. The molecule has 1 saturated heterocycles. The number of carbonyl (C=O) groups excluding carboxylic acids is 1. The van der Waals surface area contributed by atoms with Crippen molar-refractivity contribution in [3.05, 3.63) is 70.6 Å². The molecule has 1 aliphatic heterocycles. The predicted molar refractivity (Wildman–Crippen MR) is 123 cm³/mol. The van der Waals surface area contributed by atoms with Gasteiger partial charge in [-0.15, -0.1) is 0 Å². The van der Waals surface area contributed by atoms with E-state index in [2.05, 4.69) is 15.2 Å². The standard InChI is InChI=1S/C23H22ClN5O2/c24-28-12-10-27(11-13-28)9-7-25-22(30)18-6-3-8-29-21(18)26-20-15-17-5-2-1-4-16(17)14-19(20)23(29)31/h1-6,8,14-15H,7,9-13H2,(H,25,30). The Bertz CT molecular complexity index is 1340. The Kier molecular flexibility index (Phi) is 5.31. The number of pyridine rings is 1. The monoisotopic (exact) mass is 435 g/mol. The van der Waals surface area contributed by atoms with Gasteiger partial charge < -0.3 is 5.32 Å². The zero-order chi connectivity index (χ0) is 21.4.